The van der Waals surface area contributed by atoms with E-state index < -0.39 is 5.97 Å². The molecule has 1 aromatic heterocycles. The summed E-state index contributed by atoms with van der Waals surface area (Å²) < 4.78 is 0.710. The molecule has 100 valence electrons. The summed E-state index contributed by atoms with van der Waals surface area (Å²) in [5, 5.41) is 8.64. The second-order valence-electron chi connectivity index (χ2n) is 4.13. The lowest BCUT2D eigenvalue weighted by Crippen LogP contribution is -1.97. The normalized spacial score (nSPS) is 10.6. The number of nitrogens with two attached hydrogens (primary N) is 1. The highest BCUT2D eigenvalue weighted by molar-refractivity contribution is 8.01. The molecule has 0 spiro atoms. The minimum atomic E-state index is -0.848. The Kier molecular flexibility index (Phi) is 4.44. The fourth-order valence-corrected chi connectivity index (χ4v) is 3.41. The van der Waals surface area contributed by atoms with Gasteiger partial charge in [0.15, 0.2) is 4.34 Å². The van der Waals surface area contributed by atoms with Gasteiger partial charge in [0.05, 0.1) is 10.6 Å². The molecule has 1 aromatic carbocycles. The number of nitrogen functional groups attached to an aromatic ring is 1. The van der Waals surface area contributed by atoms with E-state index in [2.05, 4.69) is 29.2 Å². The largest absolute Gasteiger partial charge is 0.481 e. The first-order valence-corrected chi connectivity index (χ1v) is 7.50. The number of carboxylic acid groups (broad SMARTS) is 1. The van der Waals surface area contributed by atoms with Crippen molar-refractivity contribution in [1.82, 2.24) is 4.98 Å². The SMILES string of the molecule is Cc1ccc(Cc2sc(SCC(=O)O)nc2N)cc1. The molecule has 0 radical (unpaired) electrons. The van der Waals surface area contributed by atoms with Crippen LogP contribution in [0.2, 0.25) is 0 Å². The third kappa shape index (κ3) is 3.97. The van der Waals surface area contributed by atoms with Gasteiger partial charge >= 0.3 is 5.97 Å². The second kappa shape index (κ2) is 6.08. The molecule has 6 heteroatoms. The van der Waals surface area contributed by atoms with Crippen molar-refractivity contribution >= 4 is 34.9 Å². The van der Waals surface area contributed by atoms with Gasteiger partial charge in [-0.25, -0.2) is 4.98 Å². The van der Waals surface area contributed by atoms with Gasteiger partial charge in [-0.3, -0.25) is 4.79 Å². The molecule has 0 fully saturated rings. The molecule has 0 unspecified atom stereocenters. The van der Waals surface area contributed by atoms with E-state index >= 15 is 0 Å². The fraction of sp³-hybridized carbons (Fsp3) is 0.231. The van der Waals surface area contributed by atoms with E-state index in [1.54, 1.807) is 0 Å². The van der Waals surface area contributed by atoms with Gasteiger partial charge < -0.3 is 10.8 Å². The van der Waals surface area contributed by atoms with Crippen molar-refractivity contribution in [2.45, 2.75) is 17.7 Å². The minimum Gasteiger partial charge on any atom is -0.481 e. The average Bonchev–Trinajstić information content (AvgIpc) is 2.71. The van der Waals surface area contributed by atoms with E-state index in [1.807, 2.05) is 6.92 Å². The molecule has 2 rings (SSSR count). The summed E-state index contributed by atoms with van der Waals surface area (Å²) >= 11 is 2.67. The Hall–Kier alpha value is -1.53. The van der Waals surface area contributed by atoms with Crippen LogP contribution in [0, 0.1) is 6.92 Å². The molecule has 0 aliphatic carbocycles. The Bertz CT molecular complexity index is 579. The van der Waals surface area contributed by atoms with Gasteiger partial charge in [0.25, 0.3) is 0 Å². The number of carbonyl (C=O) groups is 1. The molecule has 0 amide bonds. The summed E-state index contributed by atoms with van der Waals surface area (Å²) in [7, 11) is 0. The summed E-state index contributed by atoms with van der Waals surface area (Å²) in [4.78, 5) is 15.7. The van der Waals surface area contributed by atoms with Crippen LogP contribution in [0.1, 0.15) is 16.0 Å². The highest BCUT2D eigenvalue weighted by atomic mass is 32.2. The quantitative estimate of drug-likeness (QED) is 0.829. The van der Waals surface area contributed by atoms with Gasteiger partial charge in [-0.15, -0.1) is 11.3 Å². The maximum Gasteiger partial charge on any atom is 0.313 e. The molecule has 0 aliphatic rings. The van der Waals surface area contributed by atoms with E-state index in [9.17, 15) is 4.79 Å². The van der Waals surface area contributed by atoms with Crippen molar-refractivity contribution in [2.75, 3.05) is 11.5 Å². The molecule has 2 aromatic rings. The third-order valence-electron chi connectivity index (χ3n) is 2.51. The first-order valence-electron chi connectivity index (χ1n) is 5.70. The number of carboxylic acids is 1. The number of anilines is 1. The highest BCUT2D eigenvalue weighted by Gasteiger charge is 2.11. The van der Waals surface area contributed by atoms with Crippen LogP contribution in [-0.4, -0.2) is 21.8 Å². The zero-order chi connectivity index (χ0) is 13.8. The number of rotatable bonds is 5. The van der Waals surface area contributed by atoms with E-state index in [4.69, 9.17) is 10.8 Å². The van der Waals surface area contributed by atoms with Gasteiger partial charge in [-0.2, -0.15) is 0 Å². The van der Waals surface area contributed by atoms with E-state index in [-0.39, 0.29) is 5.75 Å². The molecule has 0 saturated heterocycles. The maximum absolute atomic E-state index is 10.5. The number of aliphatic carboxylic acids is 1. The van der Waals surface area contributed by atoms with Crippen molar-refractivity contribution in [2.24, 2.45) is 0 Å². The first kappa shape index (κ1) is 13.9. The van der Waals surface area contributed by atoms with Crippen LogP contribution in [0.15, 0.2) is 28.6 Å². The summed E-state index contributed by atoms with van der Waals surface area (Å²) in [6.07, 6.45) is 0.734. The van der Waals surface area contributed by atoms with Crippen molar-refractivity contribution < 1.29 is 9.90 Å². The lowest BCUT2D eigenvalue weighted by molar-refractivity contribution is -0.133. The second-order valence-corrected chi connectivity index (χ2v) is 6.44. The van der Waals surface area contributed by atoms with Gasteiger partial charge in [0.2, 0.25) is 0 Å². The molecule has 0 bridgehead atoms. The van der Waals surface area contributed by atoms with Crippen LogP contribution < -0.4 is 5.73 Å². The summed E-state index contributed by atoms with van der Waals surface area (Å²) in [5.74, 6) is -0.339. The number of nitrogens with zero attached hydrogens (tertiary/aromatic N) is 1. The smallest absolute Gasteiger partial charge is 0.313 e. The zero-order valence-corrected chi connectivity index (χ0v) is 12.1. The predicted molar refractivity (Wildman–Crippen MR) is 78.9 cm³/mol. The van der Waals surface area contributed by atoms with Crippen LogP contribution in [0.3, 0.4) is 0 Å². The lowest BCUT2D eigenvalue weighted by Gasteiger charge is -2.00. The number of hydrogen-bond donors (Lipinski definition) is 2. The summed E-state index contributed by atoms with van der Waals surface area (Å²) in [6, 6.07) is 8.26. The highest BCUT2D eigenvalue weighted by Crippen LogP contribution is 2.30. The number of hydrogen-bond acceptors (Lipinski definition) is 5. The van der Waals surface area contributed by atoms with Crippen LogP contribution >= 0.6 is 23.1 Å². The molecule has 1 heterocycles. The predicted octanol–water partition coefficient (Wildman–Crippen LogP) is 2.80. The van der Waals surface area contributed by atoms with Gasteiger partial charge in [-0.05, 0) is 12.5 Å². The van der Waals surface area contributed by atoms with Gasteiger partial charge in [0, 0.05) is 6.42 Å². The fourth-order valence-electron chi connectivity index (χ4n) is 1.54. The van der Waals surface area contributed by atoms with E-state index in [0.717, 1.165) is 11.3 Å². The molecular weight excluding hydrogens is 280 g/mol. The zero-order valence-electron chi connectivity index (χ0n) is 10.4. The third-order valence-corrected chi connectivity index (χ3v) is 4.71. The lowest BCUT2D eigenvalue weighted by atomic mass is 10.1. The first-order chi connectivity index (χ1) is 9.04. The topological polar surface area (TPSA) is 76.2 Å². The Morgan fingerprint density at radius 3 is 2.74 bits per heavy atom. The Morgan fingerprint density at radius 2 is 2.11 bits per heavy atom. The minimum absolute atomic E-state index is 0.0108. The molecule has 3 N–H and O–H groups in total. The van der Waals surface area contributed by atoms with E-state index in [0.29, 0.717) is 10.2 Å². The van der Waals surface area contributed by atoms with Crippen molar-refractivity contribution in [3.63, 3.8) is 0 Å². The molecule has 0 saturated carbocycles. The maximum atomic E-state index is 10.5. The summed E-state index contributed by atoms with van der Waals surface area (Å²) in [6.45, 7) is 2.05. The number of thiazole rings is 1. The molecule has 4 nitrogen and oxygen atoms in total. The summed E-state index contributed by atoms with van der Waals surface area (Å²) in [5.41, 5.74) is 8.26. The Morgan fingerprint density at radius 1 is 1.42 bits per heavy atom. The number of benzene rings is 1. The van der Waals surface area contributed by atoms with Crippen molar-refractivity contribution in [3.8, 4) is 0 Å². The van der Waals surface area contributed by atoms with Crippen molar-refractivity contribution in [3.05, 3.63) is 40.3 Å². The van der Waals surface area contributed by atoms with Crippen molar-refractivity contribution in [1.29, 1.82) is 0 Å². The Labute approximate surface area is 119 Å². The van der Waals surface area contributed by atoms with Gasteiger partial charge in [-0.1, -0.05) is 41.6 Å². The monoisotopic (exact) mass is 294 g/mol. The van der Waals surface area contributed by atoms with E-state index in [1.165, 1.54) is 34.2 Å². The van der Waals surface area contributed by atoms with Crippen LogP contribution in [0.4, 0.5) is 5.82 Å². The average molecular weight is 294 g/mol. The molecular formula is C13H14N2O2S2. The molecule has 19 heavy (non-hydrogen) atoms. The number of thioether (sulfide) groups is 1. The Balaban J connectivity index is 2.08. The molecule has 0 aliphatic heterocycles. The number of aromatic nitrogens is 1. The standard InChI is InChI=1S/C13H14N2O2S2/c1-8-2-4-9(5-3-8)6-10-12(14)15-13(19-10)18-7-11(16)17/h2-5H,6-7,14H2,1H3,(H,16,17). The number of aryl methyl sites for hydroxylation is 1. The molecule has 0 atom stereocenters. The van der Waals surface area contributed by atoms with Crippen LogP contribution in [0.5, 0.6) is 0 Å². The van der Waals surface area contributed by atoms with Crippen LogP contribution in [0.25, 0.3) is 0 Å². The van der Waals surface area contributed by atoms with Crippen LogP contribution in [-0.2, 0) is 11.2 Å². The van der Waals surface area contributed by atoms with Gasteiger partial charge in [0.1, 0.15) is 5.82 Å².